The molecule has 1 atom stereocenters. The van der Waals surface area contributed by atoms with E-state index in [1.807, 2.05) is 0 Å². The number of rotatable bonds is 3. The van der Waals surface area contributed by atoms with Gasteiger partial charge in [-0.25, -0.2) is 0 Å². The van der Waals surface area contributed by atoms with Crippen LogP contribution in [0.15, 0.2) is 84.9 Å². The Labute approximate surface area is 191 Å². The predicted molar refractivity (Wildman–Crippen MR) is 137 cm³/mol. The van der Waals surface area contributed by atoms with Gasteiger partial charge < -0.3 is 9.80 Å². The van der Waals surface area contributed by atoms with Gasteiger partial charge in [-0.05, 0) is 67.8 Å². The standard InChI is InChI=1S/C30H30N2/c1-20-14-17-24(18-15-20)32-27-13-9-7-11-25(27)23(4)29-28(32)19-16-22(3)30(29)31(5)26-12-8-6-10-21(26)2/h6-19,23H,1-5H3. The van der Waals surface area contributed by atoms with Gasteiger partial charge in [0.15, 0.2) is 0 Å². The van der Waals surface area contributed by atoms with Gasteiger partial charge in [0.25, 0.3) is 0 Å². The summed E-state index contributed by atoms with van der Waals surface area (Å²) < 4.78 is 0. The molecular weight excluding hydrogens is 388 g/mol. The Bertz CT molecular complexity index is 1290. The Hall–Kier alpha value is -3.52. The van der Waals surface area contributed by atoms with Crippen LogP contribution >= 0.6 is 0 Å². The highest BCUT2D eigenvalue weighted by Gasteiger charge is 2.32. The van der Waals surface area contributed by atoms with Crippen molar-refractivity contribution in [3.63, 3.8) is 0 Å². The minimum absolute atomic E-state index is 0.296. The smallest absolute Gasteiger partial charge is 0.0520 e. The van der Waals surface area contributed by atoms with Crippen LogP contribution in [0.2, 0.25) is 0 Å². The molecule has 1 aliphatic rings. The van der Waals surface area contributed by atoms with Crippen molar-refractivity contribution in [3.8, 4) is 0 Å². The van der Waals surface area contributed by atoms with E-state index in [0.29, 0.717) is 5.92 Å². The zero-order chi connectivity index (χ0) is 22.4. The second kappa shape index (κ2) is 7.87. The third-order valence-corrected chi connectivity index (χ3v) is 6.82. The molecule has 0 bridgehead atoms. The maximum Gasteiger partial charge on any atom is 0.0520 e. The molecule has 0 aromatic heterocycles. The zero-order valence-electron chi connectivity index (χ0n) is 19.6. The molecule has 1 heterocycles. The van der Waals surface area contributed by atoms with Crippen molar-refractivity contribution in [2.75, 3.05) is 16.8 Å². The molecule has 0 fully saturated rings. The van der Waals surface area contributed by atoms with Crippen LogP contribution in [0.5, 0.6) is 0 Å². The maximum absolute atomic E-state index is 2.43. The fourth-order valence-electron chi connectivity index (χ4n) is 5.15. The van der Waals surface area contributed by atoms with Gasteiger partial charge in [0.1, 0.15) is 0 Å². The molecule has 2 heteroatoms. The third-order valence-electron chi connectivity index (χ3n) is 6.82. The van der Waals surface area contributed by atoms with Crippen molar-refractivity contribution < 1.29 is 0 Å². The number of anilines is 5. The van der Waals surface area contributed by atoms with Crippen LogP contribution < -0.4 is 9.80 Å². The SMILES string of the molecule is Cc1ccc(N2c3ccccc3C(C)c3c2ccc(C)c3N(C)c2ccccc2C)cc1. The van der Waals surface area contributed by atoms with E-state index in [1.54, 1.807) is 0 Å². The molecule has 1 aliphatic heterocycles. The highest BCUT2D eigenvalue weighted by molar-refractivity contribution is 5.90. The highest BCUT2D eigenvalue weighted by atomic mass is 15.2. The van der Waals surface area contributed by atoms with Crippen molar-refractivity contribution in [1.82, 2.24) is 0 Å². The number of nitrogens with zero attached hydrogens (tertiary/aromatic N) is 2. The number of benzene rings is 4. The molecule has 0 saturated carbocycles. The van der Waals surface area contributed by atoms with Crippen LogP contribution in [0.25, 0.3) is 0 Å². The van der Waals surface area contributed by atoms with E-state index in [0.717, 1.165) is 0 Å². The normalized spacial score (nSPS) is 14.7. The molecule has 0 N–H and O–H groups in total. The first-order chi connectivity index (χ1) is 15.5. The van der Waals surface area contributed by atoms with Gasteiger partial charge in [-0.15, -0.1) is 0 Å². The minimum Gasteiger partial charge on any atom is -0.344 e. The summed E-state index contributed by atoms with van der Waals surface area (Å²) in [6.07, 6.45) is 0. The predicted octanol–water partition coefficient (Wildman–Crippen LogP) is 8.31. The lowest BCUT2D eigenvalue weighted by Gasteiger charge is -2.40. The van der Waals surface area contributed by atoms with Crippen molar-refractivity contribution in [3.05, 3.63) is 113 Å². The summed E-state index contributed by atoms with van der Waals surface area (Å²) in [5.41, 5.74) is 12.9. The van der Waals surface area contributed by atoms with E-state index < -0.39 is 0 Å². The summed E-state index contributed by atoms with van der Waals surface area (Å²) in [4.78, 5) is 4.81. The molecule has 4 aromatic rings. The Morgan fingerprint density at radius 2 is 1.38 bits per heavy atom. The second-order valence-corrected chi connectivity index (χ2v) is 8.96. The fourth-order valence-corrected chi connectivity index (χ4v) is 5.15. The molecule has 0 radical (unpaired) electrons. The van der Waals surface area contributed by atoms with Gasteiger partial charge >= 0.3 is 0 Å². The van der Waals surface area contributed by atoms with Gasteiger partial charge in [0, 0.05) is 41.3 Å². The van der Waals surface area contributed by atoms with Crippen LogP contribution in [-0.2, 0) is 0 Å². The first-order valence-electron chi connectivity index (χ1n) is 11.4. The molecule has 5 rings (SSSR count). The second-order valence-electron chi connectivity index (χ2n) is 8.96. The highest BCUT2D eigenvalue weighted by Crippen LogP contribution is 2.53. The Balaban J connectivity index is 1.78. The number of para-hydroxylation sites is 2. The van der Waals surface area contributed by atoms with Crippen LogP contribution in [-0.4, -0.2) is 7.05 Å². The summed E-state index contributed by atoms with van der Waals surface area (Å²) >= 11 is 0. The van der Waals surface area contributed by atoms with Crippen molar-refractivity contribution in [1.29, 1.82) is 0 Å². The minimum atomic E-state index is 0.296. The van der Waals surface area contributed by atoms with Crippen LogP contribution in [0.1, 0.15) is 40.7 Å². The summed E-state index contributed by atoms with van der Waals surface area (Å²) in [5.74, 6) is 0.296. The maximum atomic E-state index is 2.43. The molecular formula is C30H30N2. The van der Waals surface area contributed by atoms with Crippen molar-refractivity contribution >= 4 is 28.4 Å². The lowest BCUT2D eigenvalue weighted by atomic mass is 9.83. The van der Waals surface area contributed by atoms with Gasteiger partial charge in [-0.1, -0.05) is 67.1 Å². The molecule has 0 saturated heterocycles. The first-order valence-corrected chi connectivity index (χ1v) is 11.4. The molecule has 1 unspecified atom stereocenters. The molecule has 0 amide bonds. The fraction of sp³-hybridized carbons (Fsp3) is 0.200. The largest absolute Gasteiger partial charge is 0.344 e. The average Bonchev–Trinajstić information content (AvgIpc) is 2.80. The van der Waals surface area contributed by atoms with E-state index in [9.17, 15) is 0 Å². The average molecular weight is 419 g/mol. The Kier molecular flexibility index (Phi) is 5.01. The van der Waals surface area contributed by atoms with E-state index in [2.05, 4.69) is 129 Å². The quantitative estimate of drug-likeness (QED) is 0.330. The molecule has 160 valence electrons. The van der Waals surface area contributed by atoms with Crippen molar-refractivity contribution in [2.24, 2.45) is 0 Å². The number of hydrogen-bond acceptors (Lipinski definition) is 2. The van der Waals surface area contributed by atoms with Crippen LogP contribution in [0.3, 0.4) is 0 Å². The van der Waals surface area contributed by atoms with Gasteiger partial charge in [-0.2, -0.15) is 0 Å². The van der Waals surface area contributed by atoms with E-state index in [-0.39, 0.29) is 0 Å². The summed E-state index contributed by atoms with van der Waals surface area (Å²) in [6, 6.07) is 30.9. The molecule has 0 aliphatic carbocycles. The van der Waals surface area contributed by atoms with E-state index >= 15 is 0 Å². The van der Waals surface area contributed by atoms with Crippen LogP contribution in [0, 0.1) is 20.8 Å². The summed E-state index contributed by atoms with van der Waals surface area (Å²) in [7, 11) is 2.20. The van der Waals surface area contributed by atoms with Gasteiger partial charge in [0.05, 0.1) is 5.69 Å². The topological polar surface area (TPSA) is 6.48 Å². The molecule has 0 spiro atoms. The summed E-state index contributed by atoms with van der Waals surface area (Å²) in [5, 5.41) is 0. The zero-order valence-corrected chi connectivity index (χ0v) is 19.6. The van der Waals surface area contributed by atoms with Gasteiger partial charge in [0.2, 0.25) is 0 Å². The third kappa shape index (κ3) is 3.18. The lowest BCUT2D eigenvalue weighted by Crippen LogP contribution is -2.24. The number of aryl methyl sites for hydroxylation is 3. The Morgan fingerprint density at radius 3 is 2.12 bits per heavy atom. The molecule has 32 heavy (non-hydrogen) atoms. The number of fused-ring (bicyclic) bond motifs is 2. The lowest BCUT2D eigenvalue weighted by molar-refractivity contribution is 0.883. The summed E-state index contributed by atoms with van der Waals surface area (Å²) in [6.45, 7) is 8.91. The molecule has 2 nitrogen and oxygen atoms in total. The number of hydrogen-bond donors (Lipinski definition) is 0. The van der Waals surface area contributed by atoms with Gasteiger partial charge in [-0.3, -0.25) is 0 Å². The first kappa shape index (κ1) is 20.4. The Morgan fingerprint density at radius 1 is 0.688 bits per heavy atom. The van der Waals surface area contributed by atoms with Crippen LogP contribution in [0.4, 0.5) is 28.4 Å². The van der Waals surface area contributed by atoms with E-state index in [1.165, 1.54) is 56.3 Å². The van der Waals surface area contributed by atoms with E-state index in [4.69, 9.17) is 0 Å². The monoisotopic (exact) mass is 418 g/mol. The molecule has 4 aromatic carbocycles. The van der Waals surface area contributed by atoms with Crippen molar-refractivity contribution in [2.45, 2.75) is 33.6 Å².